The van der Waals surface area contributed by atoms with Crippen molar-refractivity contribution in [2.45, 2.75) is 6.42 Å². The minimum Gasteiger partial charge on any atom is -0.492 e. The molecule has 0 N–H and O–H groups in total. The first kappa shape index (κ1) is 8.68. The van der Waals surface area contributed by atoms with Crippen molar-refractivity contribution in [2.75, 3.05) is 6.61 Å². The third kappa shape index (κ3) is 1.32. The zero-order valence-corrected chi connectivity index (χ0v) is 7.23. The molecule has 0 saturated heterocycles. The van der Waals surface area contributed by atoms with Crippen molar-refractivity contribution in [1.82, 2.24) is 0 Å². The monoisotopic (exact) mass is 193 g/mol. The third-order valence-corrected chi connectivity index (χ3v) is 2.06. The highest BCUT2D eigenvalue weighted by molar-refractivity contribution is 5.99. The maximum Gasteiger partial charge on any atom is 0.273 e. The van der Waals surface area contributed by atoms with E-state index in [1.54, 1.807) is 0 Å². The summed E-state index contributed by atoms with van der Waals surface area (Å²) in [6.07, 6.45) is 0.338. The summed E-state index contributed by atoms with van der Waals surface area (Å²) in [7, 11) is 0. The predicted molar refractivity (Wildman–Crippen MR) is 47.5 cm³/mol. The number of ether oxygens (including phenoxy) is 1. The number of carbonyl (C=O) groups excluding carboxylic acids is 1. The lowest BCUT2D eigenvalue weighted by molar-refractivity contribution is -0.384. The number of nitrogens with zero attached hydrogens (tertiary/aromatic N) is 1. The van der Waals surface area contributed by atoms with Gasteiger partial charge in [-0.3, -0.25) is 14.9 Å². The van der Waals surface area contributed by atoms with Crippen molar-refractivity contribution in [2.24, 2.45) is 0 Å². The van der Waals surface area contributed by atoms with Crippen molar-refractivity contribution in [3.8, 4) is 5.75 Å². The Morgan fingerprint density at radius 3 is 2.93 bits per heavy atom. The van der Waals surface area contributed by atoms with Gasteiger partial charge in [-0.2, -0.15) is 0 Å². The van der Waals surface area contributed by atoms with Gasteiger partial charge in [-0.15, -0.1) is 0 Å². The second-order valence-corrected chi connectivity index (χ2v) is 2.96. The molecule has 0 spiro atoms. The summed E-state index contributed by atoms with van der Waals surface area (Å²) in [5.41, 5.74) is 0.375. The van der Waals surface area contributed by atoms with Gasteiger partial charge in [0.25, 0.3) is 5.69 Å². The zero-order valence-electron chi connectivity index (χ0n) is 7.23. The summed E-state index contributed by atoms with van der Waals surface area (Å²) in [6.45, 7) is 0.299. The van der Waals surface area contributed by atoms with Gasteiger partial charge in [0.1, 0.15) is 5.75 Å². The normalized spacial score (nSPS) is 14.4. The van der Waals surface area contributed by atoms with Gasteiger partial charge in [-0.25, -0.2) is 0 Å². The minimum atomic E-state index is -0.511. The van der Waals surface area contributed by atoms with E-state index in [1.165, 1.54) is 18.2 Å². The van der Waals surface area contributed by atoms with E-state index in [0.717, 1.165) is 0 Å². The standard InChI is InChI=1S/C9H7NO4/c11-8-3-4-14-9-5-6(10(12)13)1-2-7(8)9/h1-2,5H,3-4H2. The van der Waals surface area contributed by atoms with Crippen LogP contribution in [0, 0.1) is 10.1 Å². The SMILES string of the molecule is O=C1CCOc2cc([N+](=O)[O-])ccc21. The minimum absolute atomic E-state index is 0.0267. The fourth-order valence-corrected chi connectivity index (χ4v) is 1.36. The van der Waals surface area contributed by atoms with Crippen LogP contribution >= 0.6 is 0 Å². The molecule has 2 rings (SSSR count). The maximum absolute atomic E-state index is 11.3. The first-order chi connectivity index (χ1) is 6.68. The summed E-state index contributed by atoms with van der Waals surface area (Å²) in [5, 5.41) is 10.4. The van der Waals surface area contributed by atoms with Gasteiger partial charge in [-0.05, 0) is 6.07 Å². The number of ketones is 1. The van der Waals surface area contributed by atoms with Gasteiger partial charge >= 0.3 is 0 Å². The number of hydrogen-bond donors (Lipinski definition) is 0. The number of nitro groups is 1. The highest BCUT2D eigenvalue weighted by atomic mass is 16.6. The lowest BCUT2D eigenvalue weighted by Gasteiger charge is -2.15. The molecule has 1 aromatic carbocycles. The molecular weight excluding hydrogens is 186 g/mol. The molecule has 1 aliphatic heterocycles. The molecule has 0 unspecified atom stereocenters. The summed E-state index contributed by atoms with van der Waals surface area (Å²) in [4.78, 5) is 21.2. The van der Waals surface area contributed by atoms with Crippen molar-refractivity contribution in [3.63, 3.8) is 0 Å². The summed E-state index contributed by atoms with van der Waals surface area (Å²) < 4.78 is 5.16. The highest BCUT2D eigenvalue weighted by Crippen LogP contribution is 2.28. The van der Waals surface area contributed by atoms with Gasteiger partial charge in [0, 0.05) is 12.5 Å². The van der Waals surface area contributed by atoms with E-state index in [1.807, 2.05) is 0 Å². The van der Waals surface area contributed by atoms with Gasteiger partial charge in [0.05, 0.1) is 23.2 Å². The lowest BCUT2D eigenvalue weighted by atomic mass is 10.0. The van der Waals surface area contributed by atoms with Crippen LogP contribution in [0.4, 0.5) is 5.69 Å². The number of hydrogen-bond acceptors (Lipinski definition) is 4. The molecule has 0 saturated carbocycles. The van der Waals surface area contributed by atoms with E-state index < -0.39 is 4.92 Å². The molecule has 1 heterocycles. The second kappa shape index (κ2) is 3.10. The van der Waals surface area contributed by atoms with E-state index in [-0.39, 0.29) is 11.5 Å². The molecule has 0 bridgehead atoms. The average Bonchev–Trinajstić information content (AvgIpc) is 2.17. The molecule has 1 aromatic rings. The van der Waals surface area contributed by atoms with E-state index in [4.69, 9.17) is 4.74 Å². The Labute approximate surface area is 79.4 Å². The predicted octanol–water partition coefficient (Wildman–Crippen LogP) is 1.56. The van der Waals surface area contributed by atoms with Crippen LogP contribution < -0.4 is 4.74 Å². The average molecular weight is 193 g/mol. The van der Waals surface area contributed by atoms with Crippen LogP contribution in [0.1, 0.15) is 16.8 Å². The smallest absolute Gasteiger partial charge is 0.273 e. The first-order valence-electron chi connectivity index (χ1n) is 4.13. The second-order valence-electron chi connectivity index (χ2n) is 2.96. The van der Waals surface area contributed by atoms with Crippen LogP contribution in [-0.2, 0) is 0 Å². The fraction of sp³-hybridized carbons (Fsp3) is 0.222. The molecule has 14 heavy (non-hydrogen) atoms. The number of carbonyl (C=O) groups is 1. The van der Waals surface area contributed by atoms with E-state index in [0.29, 0.717) is 24.3 Å². The third-order valence-electron chi connectivity index (χ3n) is 2.06. The Morgan fingerprint density at radius 2 is 2.21 bits per heavy atom. The van der Waals surface area contributed by atoms with Crippen LogP contribution in [0.25, 0.3) is 0 Å². The van der Waals surface area contributed by atoms with Gasteiger partial charge < -0.3 is 4.74 Å². The van der Waals surface area contributed by atoms with E-state index in [2.05, 4.69) is 0 Å². The molecule has 72 valence electrons. The van der Waals surface area contributed by atoms with Crippen LogP contribution in [-0.4, -0.2) is 17.3 Å². The van der Waals surface area contributed by atoms with Crippen molar-refractivity contribution < 1.29 is 14.5 Å². The Morgan fingerprint density at radius 1 is 1.43 bits per heavy atom. The Bertz CT molecular complexity index is 413. The zero-order chi connectivity index (χ0) is 10.1. The molecular formula is C9H7NO4. The quantitative estimate of drug-likeness (QED) is 0.501. The van der Waals surface area contributed by atoms with Crippen molar-refractivity contribution in [1.29, 1.82) is 0 Å². The Kier molecular flexibility index (Phi) is 1.92. The summed E-state index contributed by atoms with van der Waals surface area (Å²) >= 11 is 0. The Hall–Kier alpha value is -1.91. The van der Waals surface area contributed by atoms with Gasteiger partial charge in [0.2, 0.25) is 0 Å². The molecule has 1 aliphatic rings. The van der Waals surface area contributed by atoms with Crippen LogP contribution in [0.5, 0.6) is 5.75 Å². The van der Waals surface area contributed by atoms with Crippen molar-refractivity contribution in [3.05, 3.63) is 33.9 Å². The molecule has 0 fully saturated rings. The van der Waals surface area contributed by atoms with Gasteiger partial charge in [0.15, 0.2) is 5.78 Å². The largest absolute Gasteiger partial charge is 0.492 e. The number of fused-ring (bicyclic) bond motifs is 1. The highest BCUT2D eigenvalue weighted by Gasteiger charge is 2.20. The molecule has 0 atom stereocenters. The molecule has 0 aromatic heterocycles. The lowest BCUT2D eigenvalue weighted by Crippen LogP contribution is -2.15. The number of benzene rings is 1. The Balaban J connectivity index is 2.49. The number of non-ortho nitro benzene ring substituents is 1. The number of rotatable bonds is 1. The van der Waals surface area contributed by atoms with Crippen molar-refractivity contribution >= 4 is 11.5 Å². The van der Waals surface area contributed by atoms with Crippen LogP contribution in [0.2, 0.25) is 0 Å². The number of Topliss-reactive ketones (excluding diaryl/α,β-unsaturated/α-hetero) is 1. The van der Waals surface area contributed by atoms with Gasteiger partial charge in [-0.1, -0.05) is 0 Å². The molecule has 0 aliphatic carbocycles. The van der Waals surface area contributed by atoms with Crippen LogP contribution in [0.3, 0.4) is 0 Å². The van der Waals surface area contributed by atoms with E-state index >= 15 is 0 Å². The van der Waals surface area contributed by atoms with E-state index in [9.17, 15) is 14.9 Å². The summed E-state index contributed by atoms with van der Waals surface area (Å²) in [5.74, 6) is 0.289. The topological polar surface area (TPSA) is 69.4 Å². The molecule has 5 heteroatoms. The molecule has 5 nitrogen and oxygen atoms in total. The molecule has 0 radical (unpaired) electrons. The summed E-state index contributed by atoms with van der Waals surface area (Å²) in [6, 6.07) is 4.03. The van der Waals surface area contributed by atoms with Crippen LogP contribution in [0.15, 0.2) is 18.2 Å². The maximum atomic E-state index is 11.3. The first-order valence-corrected chi connectivity index (χ1v) is 4.13. The number of nitro benzene ring substituents is 1. The molecule has 0 amide bonds. The fourth-order valence-electron chi connectivity index (χ4n) is 1.36.